The van der Waals surface area contributed by atoms with Gasteiger partial charge in [-0.05, 0) is 27.2 Å². The van der Waals surface area contributed by atoms with Crippen LogP contribution in [0.4, 0.5) is 11.6 Å². The van der Waals surface area contributed by atoms with Gasteiger partial charge >= 0.3 is 0 Å². The number of morpholine rings is 1. The molecule has 1 aromatic heterocycles. The Morgan fingerprint density at radius 2 is 2.11 bits per heavy atom. The van der Waals surface area contributed by atoms with Crippen LogP contribution in [-0.4, -0.2) is 35.3 Å². The zero-order chi connectivity index (χ0) is 14.0. The lowest BCUT2D eigenvalue weighted by atomic mass is 10.1. The molecule has 0 spiro atoms. The van der Waals surface area contributed by atoms with Gasteiger partial charge in [0.05, 0.1) is 12.2 Å². The fraction of sp³-hybridized carbons (Fsp3) is 0.714. The van der Waals surface area contributed by atoms with E-state index in [1.807, 2.05) is 6.92 Å². The summed E-state index contributed by atoms with van der Waals surface area (Å²) >= 11 is 0. The fourth-order valence-electron chi connectivity index (χ4n) is 2.41. The van der Waals surface area contributed by atoms with E-state index < -0.39 is 0 Å². The highest BCUT2D eigenvalue weighted by atomic mass is 16.5. The molecule has 5 heteroatoms. The quantitative estimate of drug-likeness (QED) is 0.903. The normalized spacial score (nSPS) is 18.6. The van der Waals surface area contributed by atoms with Crippen molar-refractivity contribution in [1.29, 1.82) is 0 Å². The Labute approximate surface area is 115 Å². The van der Waals surface area contributed by atoms with Gasteiger partial charge in [0, 0.05) is 25.1 Å². The van der Waals surface area contributed by atoms with Gasteiger partial charge in [0.25, 0.3) is 0 Å². The predicted molar refractivity (Wildman–Crippen MR) is 77.4 cm³/mol. The summed E-state index contributed by atoms with van der Waals surface area (Å²) in [5.74, 6) is 2.40. The second-order valence-electron chi connectivity index (χ2n) is 5.75. The van der Waals surface area contributed by atoms with Crippen molar-refractivity contribution >= 4 is 11.6 Å². The van der Waals surface area contributed by atoms with Crippen LogP contribution in [0.5, 0.6) is 0 Å². The number of rotatable bonds is 3. The summed E-state index contributed by atoms with van der Waals surface area (Å²) in [4.78, 5) is 11.3. The molecule has 2 rings (SSSR count). The Hall–Kier alpha value is -1.36. The van der Waals surface area contributed by atoms with Crippen molar-refractivity contribution in [1.82, 2.24) is 9.97 Å². The zero-order valence-corrected chi connectivity index (χ0v) is 12.4. The van der Waals surface area contributed by atoms with E-state index in [-0.39, 0.29) is 5.60 Å². The van der Waals surface area contributed by atoms with Crippen LogP contribution in [0.15, 0.2) is 0 Å². The van der Waals surface area contributed by atoms with Gasteiger partial charge in [-0.2, -0.15) is 0 Å². The van der Waals surface area contributed by atoms with Crippen LogP contribution >= 0.6 is 0 Å². The van der Waals surface area contributed by atoms with Crippen LogP contribution in [0.25, 0.3) is 0 Å². The topological polar surface area (TPSA) is 64.3 Å². The molecule has 19 heavy (non-hydrogen) atoms. The maximum absolute atomic E-state index is 6.02. The summed E-state index contributed by atoms with van der Waals surface area (Å²) in [6.07, 6.45) is 1.89. The Morgan fingerprint density at radius 1 is 1.37 bits per heavy atom. The standard InChI is InChI=1S/C14H24N4O/c1-5-6-11-16-12(15)10(2)13(17-11)18-7-8-19-14(3,4)9-18/h5-9H2,1-4H3,(H2,15,16,17). The van der Waals surface area contributed by atoms with Crippen LogP contribution in [0.3, 0.4) is 0 Å². The van der Waals surface area contributed by atoms with Crippen molar-refractivity contribution in [3.8, 4) is 0 Å². The number of aryl methyl sites for hydroxylation is 1. The summed E-state index contributed by atoms with van der Waals surface area (Å²) < 4.78 is 5.75. The molecule has 2 N–H and O–H groups in total. The van der Waals surface area contributed by atoms with Gasteiger partial charge in [0.15, 0.2) is 0 Å². The Bertz CT molecular complexity index is 459. The van der Waals surface area contributed by atoms with Gasteiger partial charge in [-0.15, -0.1) is 0 Å². The molecule has 1 aliphatic heterocycles. The second-order valence-corrected chi connectivity index (χ2v) is 5.75. The Balaban J connectivity index is 2.32. The number of aromatic nitrogens is 2. The molecule has 0 radical (unpaired) electrons. The molecule has 0 aliphatic carbocycles. The molecule has 1 aromatic rings. The summed E-state index contributed by atoms with van der Waals surface area (Å²) in [5, 5.41) is 0. The number of anilines is 2. The maximum Gasteiger partial charge on any atom is 0.137 e. The highest BCUT2D eigenvalue weighted by Gasteiger charge is 2.29. The lowest BCUT2D eigenvalue weighted by molar-refractivity contribution is -0.0279. The minimum absolute atomic E-state index is 0.144. The van der Waals surface area contributed by atoms with Gasteiger partial charge in [-0.1, -0.05) is 6.92 Å². The number of hydrogen-bond acceptors (Lipinski definition) is 5. The molecule has 5 nitrogen and oxygen atoms in total. The van der Waals surface area contributed by atoms with Gasteiger partial charge in [0.2, 0.25) is 0 Å². The number of nitrogens with zero attached hydrogens (tertiary/aromatic N) is 3. The first-order valence-electron chi connectivity index (χ1n) is 6.95. The van der Waals surface area contributed by atoms with Crippen molar-refractivity contribution in [3.05, 3.63) is 11.4 Å². The summed E-state index contributed by atoms with van der Waals surface area (Å²) in [5.41, 5.74) is 6.84. The number of ether oxygens (including phenoxy) is 1. The third-order valence-corrected chi connectivity index (χ3v) is 3.40. The minimum Gasteiger partial charge on any atom is -0.383 e. The first kappa shape index (κ1) is 14.1. The lowest BCUT2D eigenvalue weighted by Gasteiger charge is -2.39. The molecule has 1 fully saturated rings. The second kappa shape index (κ2) is 5.33. The number of nitrogens with two attached hydrogens (primary N) is 1. The van der Waals surface area contributed by atoms with Crippen LogP contribution in [0, 0.1) is 6.92 Å². The third kappa shape index (κ3) is 3.15. The molecule has 0 bridgehead atoms. The van der Waals surface area contributed by atoms with E-state index in [9.17, 15) is 0 Å². The molecular formula is C14H24N4O. The molecule has 106 valence electrons. The summed E-state index contributed by atoms with van der Waals surface area (Å²) in [7, 11) is 0. The first-order chi connectivity index (χ1) is 8.93. The van der Waals surface area contributed by atoms with E-state index in [0.717, 1.165) is 49.7 Å². The Morgan fingerprint density at radius 3 is 2.74 bits per heavy atom. The Kier molecular flexibility index (Phi) is 3.94. The average molecular weight is 264 g/mol. The van der Waals surface area contributed by atoms with Crippen molar-refractivity contribution in [3.63, 3.8) is 0 Å². The predicted octanol–water partition coefficient (Wildman–Crippen LogP) is 1.93. The number of hydrogen-bond donors (Lipinski definition) is 1. The van der Waals surface area contributed by atoms with Crippen molar-refractivity contribution in [2.45, 2.75) is 46.1 Å². The fourth-order valence-corrected chi connectivity index (χ4v) is 2.41. The van der Waals surface area contributed by atoms with Gasteiger partial charge < -0.3 is 15.4 Å². The third-order valence-electron chi connectivity index (χ3n) is 3.40. The molecule has 0 unspecified atom stereocenters. The average Bonchev–Trinajstić information content (AvgIpc) is 2.32. The molecule has 1 saturated heterocycles. The van der Waals surface area contributed by atoms with Crippen LogP contribution in [0.2, 0.25) is 0 Å². The SMILES string of the molecule is CCCc1nc(N)c(C)c(N2CCOC(C)(C)C2)n1. The molecule has 0 saturated carbocycles. The molecule has 0 amide bonds. The largest absolute Gasteiger partial charge is 0.383 e. The van der Waals surface area contributed by atoms with Gasteiger partial charge in [-0.25, -0.2) is 9.97 Å². The molecule has 0 aromatic carbocycles. The first-order valence-corrected chi connectivity index (χ1v) is 6.95. The van der Waals surface area contributed by atoms with Crippen molar-refractivity contribution in [2.75, 3.05) is 30.3 Å². The smallest absolute Gasteiger partial charge is 0.137 e. The van der Waals surface area contributed by atoms with Gasteiger partial charge in [-0.3, -0.25) is 0 Å². The number of nitrogen functional groups attached to an aromatic ring is 1. The molecule has 0 atom stereocenters. The molecule has 2 heterocycles. The van der Waals surface area contributed by atoms with Crippen LogP contribution in [-0.2, 0) is 11.2 Å². The molecular weight excluding hydrogens is 240 g/mol. The summed E-state index contributed by atoms with van der Waals surface area (Å²) in [6.45, 7) is 10.7. The maximum atomic E-state index is 6.02. The van der Waals surface area contributed by atoms with E-state index in [2.05, 4.69) is 30.7 Å². The van der Waals surface area contributed by atoms with Gasteiger partial charge in [0.1, 0.15) is 17.5 Å². The zero-order valence-electron chi connectivity index (χ0n) is 12.4. The minimum atomic E-state index is -0.144. The summed E-state index contributed by atoms with van der Waals surface area (Å²) in [6, 6.07) is 0. The lowest BCUT2D eigenvalue weighted by Crippen LogP contribution is -2.49. The highest BCUT2D eigenvalue weighted by Crippen LogP contribution is 2.26. The van der Waals surface area contributed by atoms with Crippen molar-refractivity contribution < 1.29 is 4.74 Å². The van der Waals surface area contributed by atoms with Crippen molar-refractivity contribution in [2.24, 2.45) is 0 Å². The van der Waals surface area contributed by atoms with E-state index in [1.54, 1.807) is 0 Å². The molecule has 1 aliphatic rings. The van der Waals surface area contributed by atoms with Crippen LogP contribution < -0.4 is 10.6 Å². The van der Waals surface area contributed by atoms with Crippen LogP contribution in [0.1, 0.15) is 38.6 Å². The monoisotopic (exact) mass is 264 g/mol. The van der Waals surface area contributed by atoms with E-state index >= 15 is 0 Å². The highest BCUT2D eigenvalue weighted by molar-refractivity contribution is 5.56. The van der Waals surface area contributed by atoms with E-state index in [4.69, 9.17) is 15.5 Å². The van der Waals surface area contributed by atoms with E-state index in [0.29, 0.717) is 5.82 Å². The van der Waals surface area contributed by atoms with E-state index in [1.165, 1.54) is 0 Å².